The highest BCUT2D eigenvalue weighted by Crippen LogP contribution is 2.27. The van der Waals surface area contributed by atoms with E-state index in [1.165, 1.54) is 0 Å². The highest BCUT2D eigenvalue weighted by molar-refractivity contribution is 6.33. The Bertz CT molecular complexity index is 447. The Labute approximate surface area is 105 Å². The van der Waals surface area contributed by atoms with E-state index in [9.17, 15) is 0 Å². The lowest BCUT2D eigenvalue weighted by Gasteiger charge is -2.10. The van der Waals surface area contributed by atoms with Gasteiger partial charge in [0.05, 0.1) is 16.4 Å². The minimum Gasteiger partial charge on any atom is -0.397 e. The summed E-state index contributed by atoms with van der Waals surface area (Å²) in [5.74, 6) is 0.999. The van der Waals surface area contributed by atoms with Gasteiger partial charge in [0.25, 0.3) is 0 Å². The summed E-state index contributed by atoms with van der Waals surface area (Å²) in [5, 5.41) is 3.90. The summed E-state index contributed by atoms with van der Waals surface area (Å²) in [6.45, 7) is 0.814. The van der Waals surface area contributed by atoms with E-state index in [1.54, 1.807) is 6.20 Å². The number of aromatic nitrogens is 2. The Morgan fingerprint density at radius 2 is 2.29 bits per heavy atom. The molecule has 0 fully saturated rings. The van der Waals surface area contributed by atoms with Gasteiger partial charge in [0, 0.05) is 25.4 Å². The van der Waals surface area contributed by atoms with Crippen molar-refractivity contribution in [2.75, 3.05) is 17.6 Å². The number of imidazole rings is 1. The van der Waals surface area contributed by atoms with Crippen molar-refractivity contribution in [2.24, 2.45) is 0 Å². The molecule has 5 heteroatoms. The molecule has 0 saturated heterocycles. The molecule has 0 amide bonds. The van der Waals surface area contributed by atoms with Crippen LogP contribution in [0.4, 0.5) is 11.4 Å². The molecule has 2 rings (SSSR count). The molecule has 0 aliphatic rings. The van der Waals surface area contributed by atoms with E-state index >= 15 is 0 Å². The Morgan fingerprint density at radius 1 is 1.41 bits per heavy atom. The number of nitrogens with zero attached hydrogens (tertiary/aromatic N) is 1. The number of halogens is 1. The lowest BCUT2D eigenvalue weighted by Crippen LogP contribution is -2.06. The molecule has 0 atom stereocenters. The number of anilines is 2. The van der Waals surface area contributed by atoms with Crippen molar-refractivity contribution in [1.82, 2.24) is 9.97 Å². The lowest BCUT2D eigenvalue weighted by atomic mass is 10.2. The molecule has 0 bridgehead atoms. The number of hydrogen-bond donors (Lipinski definition) is 3. The van der Waals surface area contributed by atoms with Gasteiger partial charge in [-0.2, -0.15) is 0 Å². The van der Waals surface area contributed by atoms with Gasteiger partial charge in [-0.05, 0) is 18.6 Å². The first-order valence-corrected chi connectivity index (χ1v) is 5.91. The molecule has 4 N–H and O–H groups in total. The van der Waals surface area contributed by atoms with E-state index in [2.05, 4.69) is 15.3 Å². The topological polar surface area (TPSA) is 66.7 Å². The van der Waals surface area contributed by atoms with Crippen molar-refractivity contribution < 1.29 is 0 Å². The highest BCUT2D eigenvalue weighted by Gasteiger charge is 2.03. The maximum Gasteiger partial charge on any atom is 0.106 e. The Balaban J connectivity index is 1.82. The SMILES string of the molecule is Nc1cccc(Cl)c1NCCCc1ncc[nH]1. The van der Waals surface area contributed by atoms with Crippen LogP contribution in [0.5, 0.6) is 0 Å². The van der Waals surface area contributed by atoms with Crippen LogP contribution in [0.25, 0.3) is 0 Å². The predicted molar refractivity (Wildman–Crippen MR) is 71.3 cm³/mol. The molecule has 4 nitrogen and oxygen atoms in total. The standard InChI is InChI=1S/C12H15ClN4/c13-9-3-1-4-10(14)12(9)17-6-2-5-11-15-7-8-16-11/h1,3-4,7-8,17H,2,5-6,14H2,(H,15,16). The Kier molecular flexibility index (Phi) is 3.88. The van der Waals surface area contributed by atoms with Crippen LogP contribution in [0.1, 0.15) is 12.2 Å². The average molecular weight is 251 g/mol. The van der Waals surface area contributed by atoms with Gasteiger partial charge in [-0.3, -0.25) is 0 Å². The van der Waals surface area contributed by atoms with E-state index in [0.717, 1.165) is 30.9 Å². The second-order valence-electron chi connectivity index (χ2n) is 3.77. The quantitative estimate of drug-likeness (QED) is 0.565. The van der Waals surface area contributed by atoms with Crippen LogP contribution in [-0.2, 0) is 6.42 Å². The molecule has 1 aromatic heterocycles. The number of para-hydroxylation sites is 1. The molecule has 0 saturated carbocycles. The highest BCUT2D eigenvalue weighted by atomic mass is 35.5. The number of aromatic amines is 1. The molecule has 17 heavy (non-hydrogen) atoms. The zero-order chi connectivity index (χ0) is 12.1. The summed E-state index contributed by atoms with van der Waals surface area (Å²) < 4.78 is 0. The van der Waals surface area contributed by atoms with Crippen LogP contribution in [0.15, 0.2) is 30.6 Å². The summed E-state index contributed by atoms with van der Waals surface area (Å²) in [6, 6.07) is 5.50. The zero-order valence-electron chi connectivity index (χ0n) is 9.41. The summed E-state index contributed by atoms with van der Waals surface area (Å²) in [7, 11) is 0. The van der Waals surface area contributed by atoms with E-state index in [4.69, 9.17) is 17.3 Å². The first-order chi connectivity index (χ1) is 8.27. The Hall–Kier alpha value is -1.68. The lowest BCUT2D eigenvalue weighted by molar-refractivity contribution is 0.817. The van der Waals surface area contributed by atoms with Gasteiger partial charge >= 0.3 is 0 Å². The Morgan fingerprint density at radius 3 is 3.00 bits per heavy atom. The third-order valence-electron chi connectivity index (χ3n) is 2.49. The summed E-state index contributed by atoms with van der Waals surface area (Å²) in [6.07, 6.45) is 5.46. The number of nitrogens with two attached hydrogens (primary N) is 1. The molecule has 1 aromatic carbocycles. The minimum absolute atomic E-state index is 0.656. The van der Waals surface area contributed by atoms with Crippen molar-refractivity contribution >= 4 is 23.0 Å². The third-order valence-corrected chi connectivity index (χ3v) is 2.81. The van der Waals surface area contributed by atoms with Crippen molar-refractivity contribution in [3.8, 4) is 0 Å². The van der Waals surface area contributed by atoms with Crippen LogP contribution >= 0.6 is 11.6 Å². The van der Waals surface area contributed by atoms with Gasteiger partial charge in [0.1, 0.15) is 5.82 Å². The van der Waals surface area contributed by atoms with Gasteiger partial charge in [-0.25, -0.2) is 4.98 Å². The largest absolute Gasteiger partial charge is 0.397 e. The fourth-order valence-electron chi connectivity index (χ4n) is 1.63. The number of hydrogen-bond acceptors (Lipinski definition) is 3. The monoisotopic (exact) mass is 250 g/mol. The molecular formula is C12H15ClN4. The zero-order valence-corrected chi connectivity index (χ0v) is 10.2. The number of aryl methyl sites for hydroxylation is 1. The maximum absolute atomic E-state index is 6.05. The predicted octanol–water partition coefficient (Wildman–Crippen LogP) is 2.69. The molecule has 0 spiro atoms. The van der Waals surface area contributed by atoms with E-state index in [0.29, 0.717) is 10.7 Å². The van der Waals surface area contributed by atoms with Gasteiger partial charge in [0.2, 0.25) is 0 Å². The first-order valence-electron chi connectivity index (χ1n) is 5.53. The fourth-order valence-corrected chi connectivity index (χ4v) is 1.88. The number of H-pyrrole nitrogens is 1. The van der Waals surface area contributed by atoms with Crippen LogP contribution in [-0.4, -0.2) is 16.5 Å². The second-order valence-corrected chi connectivity index (χ2v) is 4.18. The number of nitrogen functional groups attached to an aromatic ring is 1. The van der Waals surface area contributed by atoms with Crippen molar-refractivity contribution in [3.05, 3.63) is 41.4 Å². The van der Waals surface area contributed by atoms with Crippen LogP contribution in [0.3, 0.4) is 0 Å². The average Bonchev–Trinajstić information content (AvgIpc) is 2.80. The molecule has 0 unspecified atom stereocenters. The maximum atomic E-state index is 6.05. The van der Waals surface area contributed by atoms with Crippen molar-refractivity contribution in [2.45, 2.75) is 12.8 Å². The first kappa shape index (κ1) is 11.8. The van der Waals surface area contributed by atoms with Gasteiger partial charge in [-0.1, -0.05) is 17.7 Å². The fraction of sp³-hybridized carbons (Fsp3) is 0.250. The number of rotatable bonds is 5. The number of nitrogens with one attached hydrogen (secondary N) is 2. The van der Waals surface area contributed by atoms with E-state index in [-0.39, 0.29) is 0 Å². The third kappa shape index (κ3) is 3.14. The van der Waals surface area contributed by atoms with Crippen LogP contribution < -0.4 is 11.1 Å². The molecule has 0 aliphatic heterocycles. The molecule has 90 valence electrons. The molecule has 0 aliphatic carbocycles. The van der Waals surface area contributed by atoms with Crippen molar-refractivity contribution in [1.29, 1.82) is 0 Å². The normalized spacial score (nSPS) is 10.4. The second kappa shape index (κ2) is 5.59. The smallest absolute Gasteiger partial charge is 0.106 e. The van der Waals surface area contributed by atoms with Gasteiger partial charge in [-0.15, -0.1) is 0 Å². The molecule has 0 radical (unpaired) electrons. The van der Waals surface area contributed by atoms with Crippen LogP contribution in [0, 0.1) is 0 Å². The van der Waals surface area contributed by atoms with E-state index in [1.807, 2.05) is 24.4 Å². The van der Waals surface area contributed by atoms with Crippen molar-refractivity contribution in [3.63, 3.8) is 0 Å². The summed E-state index contributed by atoms with van der Waals surface area (Å²) in [5.41, 5.74) is 7.32. The number of benzene rings is 1. The minimum atomic E-state index is 0.656. The molecule has 2 aromatic rings. The van der Waals surface area contributed by atoms with Gasteiger partial charge in [0.15, 0.2) is 0 Å². The van der Waals surface area contributed by atoms with Crippen LogP contribution in [0.2, 0.25) is 5.02 Å². The molecular weight excluding hydrogens is 236 g/mol. The van der Waals surface area contributed by atoms with E-state index < -0.39 is 0 Å². The summed E-state index contributed by atoms with van der Waals surface area (Å²) in [4.78, 5) is 7.23. The van der Waals surface area contributed by atoms with Gasteiger partial charge < -0.3 is 16.0 Å². The summed E-state index contributed by atoms with van der Waals surface area (Å²) >= 11 is 6.05. The molecule has 1 heterocycles.